The van der Waals surface area contributed by atoms with E-state index >= 15 is 0 Å². The Balaban J connectivity index is 1.25. The molecule has 2 aromatic rings. The number of rotatable bonds is 6. The molecule has 198 valence electrons. The Morgan fingerprint density at radius 3 is 2.54 bits per heavy atom. The van der Waals surface area contributed by atoms with Gasteiger partial charge in [0.15, 0.2) is 0 Å². The van der Waals surface area contributed by atoms with Gasteiger partial charge in [-0.25, -0.2) is 0 Å². The number of carbonyl (C=O) groups is 1. The van der Waals surface area contributed by atoms with Crippen molar-refractivity contribution in [1.82, 2.24) is 4.90 Å². The number of fused-ring (bicyclic) bond motifs is 4. The van der Waals surface area contributed by atoms with Gasteiger partial charge in [0, 0.05) is 36.2 Å². The predicted molar refractivity (Wildman–Crippen MR) is 131 cm³/mol. The average molecular weight is 516 g/mol. The molecule has 6 rings (SSSR count). The van der Waals surface area contributed by atoms with Crippen molar-refractivity contribution in [2.45, 2.75) is 88.2 Å². The van der Waals surface area contributed by atoms with Gasteiger partial charge in [-0.3, -0.25) is 9.69 Å². The first kappa shape index (κ1) is 24.6. The fraction of sp³-hybridized carbons (Fsp3) is 0.552. The van der Waals surface area contributed by atoms with Crippen LogP contribution in [0.5, 0.6) is 11.5 Å². The number of halogens is 3. The highest BCUT2D eigenvalue weighted by Crippen LogP contribution is 2.46. The van der Waals surface area contributed by atoms with E-state index in [-0.39, 0.29) is 24.4 Å². The maximum Gasteiger partial charge on any atom is 0.416 e. The highest BCUT2D eigenvalue weighted by molar-refractivity contribution is 5.71. The van der Waals surface area contributed by atoms with Crippen molar-refractivity contribution in [3.63, 3.8) is 0 Å². The van der Waals surface area contributed by atoms with Crippen LogP contribution in [0.1, 0.15) is 84.8 Å². The van der Waals surface area contributed by atoms with E-state index in [0.29, 0.717) is 55.1 Å². The van der Waals surface area contributed by atoms with Gasteiger partial charge in [0.05, 0.1) is 25.7 Å². The molecule has 0 N–H and O–H groups in total. The zero-order valence-corrected chi connectivity index (χ0v) is 21.0. The van der Waals surface area contributed by atoms with Crippen LogP contribution in [0.3, 0.4) is 0 Å². The lowest BCUT2D eigenvalue weighted by Crippen LogP contribution is -2.39. The van der Waals surface area contributed by atoms with E-state index in [9.17, 15) is 18.0 Å². The number of methoxy groups -OCH3 is 1. The SMILES string of the molecule is COC(=O)CC1COc2cc(O[C@@H]3CCc4c3ccc(C(F)(F)F)c4CN3C4CCC[C@H]3CC4)ccc21. The fourth-order valence-corrected chi connectivity index (χ4v) is 6.92. The predicted octanol–water partition coefficient (Wildman–Crippen LogP) is 6.33. The van der Waals surface area contributed by atoms with E-state index in [2.05, 4.69) is 4.90 Å². The first-order chi connectivity index (χ1) is 17.8. The average Bonchev–Trinajstić information content (AvgIpc) is 3.51. The fourth-order valence-electron chi connectivity index (χ4n) is 6.92. The molecular formula is C29H32F3NO4. The second-order valence-electron chi connectivity index (χ2n) is 10.8. The van der Waals surface area contributed by atoms with Gasteiger partial charge < -0.3 is 14.2 Å². The number of alkyl halides is 3. The number of ether oxygens (including phenoxy) is 3. The molecular weight excluding hydrogens is 483 g/mol. The van der Waals surface area contributed by atoms with Crippen LogP contribution in [0.25, 0.3) is 0 Å². The van der Waals surface area contributed by atoms with Gasteiger partial charge in [0.25, 0.3) is 0 Å². The van der Waals surface area contributed by atoms with E-state index in [1.54, 1.807) is 6.07 Å². The summed E-state index contributed by atoms with van der Waals surface area (Å²) in [5, 5.41) is 0. The maximum atomic E-state index is 14.1. The smallest absolute Gasteiger partial charge is 0.416 e. The number of hydrogen-bond donors (Lipinski definition) is 0. The summed E-state index contributed by atoms with van der Waals surface area (Å²) < 4.78 is 59.2. The molecule has 0 amide bonds. The molecule has 1 aliphatic carbocycles. The summed E-state index contributed by atoms with van der Waals surface area (Å²) in [6.45, 7) is 0.774. The number of esters is 1. The van der Waals surface area contributed by atoms with Crippen molar-refractivity contribution in [2.75, 3.05) is 13.7 Å². The van der Waals surface area contributed by atoms with Crippen LogP contribution in [0, 0.1) is 0 Å². The molecule has 0 radical (unpaired) electrons. The Bertz CT molecular complexity index is 1180. The number of piperidine rings is 1. The first-order valence-electron chi connectivity index (χ1n) is 13.3. The molecule has 37 heavy (non-hydrogen) atoms. The van der Waals surface area contributed by atoms with Gasteiger partial charge >= 0.3 is 12.1 Å². The Morgan fingerprint density at radius 1 is 1.05 bits per heavy atom. The number of benzene rings is 2. The molecule has 4 aliphatic rings. The number of carbonyl (C=O) groups excluding carboxylic acids is 1. The van der Waals surface area contributed by atoms with Gasteiger partial charge in [0.1, 0.15) is 17.6 Å². The lowest BCUT2D eigenvalue weighted by atomic mass is 9.94. The quantitative estimate of drug-likeness (QED) is 0.421. The van der Waals surface area contributed by atoms with E-state index in [0.717, 1.165) is 42.4 Å². The summed E-state index contributed by atoms with van der Waals surface area (Å²) in [5.74, 6) is 0.956. The highest BCUT2D eigenvalue weighted by Gasteiger charge is 2.41. The molecule has 3 aliphatic heterocycles. The second kappa shape index (κ2) is 9.53. The Morgan fingerprint density at radius 2 is 1.81 bits per heavy atom. The molecule has 0 aromatic heterocycles. The lowest BCUT2D eigenvalue weighted by molar-refractivity contribution is -0.141. The zero-order valence-electron chi connectivity index (χ0n) is 21.0. The monoisotopic (exact) mass is 515 g/mol. The summed E-state index contributed by atoms with van der Waals surface area (Å²) in [4.78, 5) is 14.0. The summed E-state index contributed by atoms with van der Waals surface area (Å²) in [6, 6.07) is 9.25. The van der Waals surface area contributed by atoms with Crippen molar-refractivity contribution >= 4 is 5.97 Å². The molecule has 2 aromatic carbocycles. The summed E-state index contributed by atoms with van der Waals surface area (Å²) in [5.41, 5.74) is 2.55. The summed E-state index contributed by atoms with van der Waals surface area (Å²) >= 11 is 0. The van der Waals surface area contributed by atoms with E-state index in [1.807, 2.05) is 18.2 Å². The first-order valence-corrected chi connectivity index (χ1v) is 13.3. The Labute approximate surface area is 214 Å². The zero-order chi connectivity index (χ0) is 25.7. The van der Waals surface area contributed by atoms with Crippen LogP contribution < -0.4 is 9.47 Å². The van der Waals surface area contributed by atoms with Crippen molar-refractivity contribution in [1.29, 1.82) is 0 Å². The molecule has 8 heteroatoms. The van der Waals surface area contributed by atoms with Gasteiger partial charge in [-0.15, -0.1) is 0 Å². The van der Waals surface area contributed by atoms with Crippen molar-refractivity contribution in [3.05, 3.63) is 58.1 Å². The lowest BCUT2D eigenvalue weighted by Gasteiger charge is -2.36. The molecule has 2 saturated heterocycles. The Hall–Kier alpha value is -2.74. The van der Waals surface area contributed by atoms with Crippen LogP contribution in [-0.2, 0) is 28.7 Å². The molecule has 5 nitrogen and oxygen atoms in total. The van der Waals surface area contributed by atoms with Crippen LogP contribution in [-0.4, -0.2) is 36.7 Å². The maximum absolute atomic E-state index is 14.1. The minimum absolute atomic E-state index is 0.0582. The van der Waals surface area contributed by atoms with Gasteiger partial charge in [-0.2, -0.15) is 13.2 Å². The topological polar surface area (TPSA) is 48.0 Å². The standard InChI is InChI=1S/C29H32F3NO4/c1-35-28(34)13-17-16-36-27-14-20(7-8-21(17)27)37-26-12-10-22-23(26)9-11-25(29(30,31)32)24(22)15-33-18-3-2-4-19(33)6-5-18/h7-9,11,14,17-19,26H,2-6,10,12-13,15-16H2,1H3/t17?,18-,19?,26+/m0/s1. The van der Waals surface area contributed by atoms with Gasteiger partial charge in [0.2, 0.25) is 0 Å². The largest absolute Gasteiger partial charge is 0.492 e. The van der Waals surface area contributed by atoms with Crippen LogP contribution >= 0.6 is 0 Å². The molecule has 0 spiro atoms. The highest BCUT2D eigenvalue weighted by atomic mass is 19.4. The molecule has 4 atom stereocenters. The third kappa shape index (κ3) is 4.58. The third-order valence-electron chi connectivity index (χ3n) is 8.75. The minimum Gasteiger partial charge on any atom is -0.492 e. The van der Waals surface area contributed by atoms with Crippen molar-refractivity contribution < 1.29 is 32.2 Å². The van der Waals surface area contributed by atoms with E-state index in [1.165, 1.54) is 19.6 Å². The normalized spacial score (nSPS) is 26.5. The molecule has 2 unspecified atom stereocenters. The molecule has 3 heterocycles. The molecule has 2 fully saturated rings. The van der Waals surface area contributed by atoms with Crippen LogP contribution in [0.15, 0.2) is 30.3 Å². The number of nitrogens with zero attached hydrogens (tertiary/aromatic N) is 1. The summed E-state index contributed by atoms with van der Waals surface area (Å²) in [7, 11) is 1.37. The Kier molecular flexibility index (Phi) is 6.33. The third-order valence-corrected chi connectivity index (χ3v) is 8.75. The van der Waals surface area contributed by atoms with Gasteiger partial charge in [-0.1, -0.05) is 18.6 Å². The van der Waals surface area contributed by atoms with E-state index < -0.39 is 11.7 Å². The molecule has 2 bridgehead atoms. The van der Waals surface area contributed by atoms with E-state index in [4.69, 9.17) is 14.2 Å². The second-order valence-corrected chi connectivity index (χ2v) is 10.8. The summed E-state index contributed by atoms with van der Waals surface area (Å²) in [6.07, 6.45) is 2.30. The van der Waals surface area contributed by atoms with Crippen LogP contribution in [0.2, 0.25) is 0 Å². The molecule has 0 saturated carbocycles. The van der Waals surface area contributed by atoms with Gasteiger partial charge in [-0.05, 0) is 67.3 Å². The minimum atomic E-state index is -4.38. The van der Waals surface area contributed by atoms with Crippen LogP contribution in [0.4, 0.5) is 13.2 Å². The van der Waals surface area contributed by atoms with Crippen molar-refractivity contribution in [2.24, 2.45) is 0 Å². The number of hydrogen-bond acceptors (Lipinski definition) is 5. The van der Waals surface area contributed by atoms with Crippen molar-refractivity contribution in [3.8, 4) is 11.5 Å².